The van der Waals surface area contributed by atoms with Crippen LogP contribution < -0.4 is 5.73 Å². The monoisotopic (exact) mass is 209 g/mol. The van der Waals surface area contributed by atoms with Crippen LogP contribution in [-0.4, -0.2) is 21.7 Å². The minimum absolute atomic E-state index is 0.721. The summed E-state index contributed by atoms with van der Waals surface area (Å²) in [6.07, 6.45) is 5.29. The first kappa shape index (κ1) is 9.77. The molecule has 1 unspecified atom stereocenters. The molecule has 2 rings (SSSR count). The Labute approximate surface area is 88.5 Å². The molecule has 0 radical (unpaired) electrons. The van der Waals surface area contributed by atoms with Crippen molar-refractivity contribution < 1.29 is 0 Å². The molecule has 0 spiro atoms. The fraction of sp³-hybridized carbons (Fsp3) is 0.600. The van der Waals surface area contributed by atoms with Crippen molar-refractivity contribution in [1.29, 1.82) is 0 Å². The van der Waals surface area contributed by atoms with Gasteiger partial charge in [0.2, 0.25) is 0 Å². The van der Waals surface area contributed by atoms with Crippen molar-refractivity contribution in [3.8, 4) is 0 Å². The molecule has 4 heteroatoms. The first-order valence-electron chi connectivity index (χ1n) is 4.99. The third kappa shape index (κ3) is 2.61. The summed E-state index contributed by atoms with van der Waals surface area (Å²) >= 11 is 2.05. The highest BCUT2D eigenvalue weighted by molar-refractivity contribution is 7.99. The molecule has 0 aromatic carbocycles. The van der Waals surface area contributed by atoms with Crippen LogP contribution in [0.1, 0.15) is 18.5 Å². The minimum atomic E-state index is 0.721. The molecule has 1 aliphatic heterocycles. The molecule has 1 atom stereocenters. The Hall–Kier alpha value is -0.770. The van der Waals surface area contributed by atoms with Gasteiger partial charge in [0.1, 0.15) is 0 Å². The van der Waals surface area contributed by atoms with Crippen molar-refractivity contribution >= 4 is 17.4 Å². The van der Waals surface area contributed by atoms with E-state index in [4.69, 9.17) is 5.73 Å². The number of hydrogen-bond acceptors (Lipinski definition) is 4. The van der Waals surface area contributed by atoms with Crippen LogP contribution in [0.2, 0.25) is 0 Å². The summed E-state index contributed by atoms with van der Waals surface area (Å²) in [5, 5.41) is 7.96. The molecule has 1 aromatic rings. The Kier molecular flexibility index (Phi) is 3.24. The van der Waals surface area contributed by atoms with E-state index in [2.05, 4.69) is 10.2 Å². The van der Waals surface area contributed by atoms with Gasteiger partial charge in [0.15, 0.2) is 0 Å². The van der Waals surface area contributed by atoms with E-state index in [0.29, 0.717) is 0 Å². The smallest absolute Gasteiger partial charge is 0.0726 e. The second-order valence-electron chi connectivity index (χ2n) is 3.77. The second-order valence-corrected chi connectivity index (χ2v) is 4.92. The fourth-order valence-corrected chi connectivity index (χ4v) is 2.95. The molecule has 2 heterocycles. The molecule has 0 bridgehead atoms. The normalized spacial score (nSPS) is 22.1. The second kappa shape index (κ2) is 4.64. The lowest BCUT2D eigenvalue weighted by molar-refractivity contribution is 0.513. The lowest BCUT2D eigenvalue weighted by Gasteiger charge is -2.20. The molecule has 0 amide bonds. The van der Waals surface area contributed by atoms with Crippen molar-refractivity contribution in [2.75, 3.05) is 17.2 Å². The summed E-state index contributed by atoms with van der Waals surface area (Å²) in [6, 6.07) is 1.94. The van der Waals surface area contributed by atoms with E-state index < -0.39 is 0 Å². The molecule has 1 saturated heterocycles. The van der Waals surface area contributed by atoms with Crippen LogP contribution in [0.3, 0.4) is 0 Å². The van der Waals surface area contributed by atoms with Gasteiger partial charge in [0, 0.05) is 0 Å². The number of nitrogens with zero attached hydrogens (tertiary/aromatic N) is 2. The Morgan fingerprint density at radius 1 is 1.57 bits per heavy atom. The predicted octanol–water partition coefficient (Wildman–Crippen LogP) is 1.74. The van der Waals surface area contributed by atoms with Crippen LogP contribution in [0.4, 0.5) is 5.69 Å². The number of hydrogen-bond donors (Lipinski definition) is 1. The van der Waals surface area contributed by atoms with Crippen molar-refractivity contribution in [2.24, 2.45) is 5.92 Å². The first-order chi connectivity index (χ1) is 6.84. The van der Waals surface area contributed by atoms with Gasteiger partial charge < -0.3 is 5.73 Å². The summed E-state index contributed by atoms with van der Waals surface area (Å²) in [7, 11) is 0. The maximum atomic E-state index is 5.66. The zero-order valence-corrected chi connectivity index (χ0v) is 8.96. The van der Waals surface area contributed by atoms with Crippen LogP contribution in [0.25, 0.3) is 0 Å². The number of nitrogens with two attached hydrogens (primary N) is 1. The van der Waals surface area contributed by atoms with Gasteiger partial charge in [-0.15, -0.1) is 0 Å². The largest absolute Gasteiger partial charge is 0.397 e. The quantitative estimate of drug-likeness (QED) is 0.806. The van der Waals surface area contributed by atoms with E-state index in [1.807, 2.05) is 17.8 Å². The van der Waals surface area contributed by atoms with Gasteiger partial charge in [-0.1, -0.05) is 0 Å². The van der Waals surface area contributed by atoms with Crippen molar-refractivity contribution in [2.45, 2.75) is 19.3 Å². The molecule has 3 nitrogen and oxygen atoms in total. The highest BCUT2D eigenvalue weighted by Crippen LogP contribution is 2.25. The number of rotatable bonds is 2. The van der Waals surface area contributed by atoms with Crippen LogP contribution >= 0.6 is 11.8 Å². The third-order valence-electron chi connectivity index (χ3n) is 2.48. The fourth-order valence-electron chi connectivity index (χ4n) is 1.79. The van der Waals surface area contributed by atoms with Gasteiger partial charge in [-0.05, 0) is 42.8 Å². The zero-order valence-electron chi connectivity index (χ0n) is 8.15. The Balaban J connectivity index is 1.95. The number of nitrogen functional groups attached to an aromatic ring is 1. The van der Waals surface area contributed by atoms with E-state index in [0.717, 1.165) is 23.7 Å². The molecule has 2 N–H and O–H groups in total. The van der Waals surface area contributed by atoms with Crippen molar-refractivity contribution in [3.05, 3.63) is 18.0 Å². The van der Waals surface area contributed by atoms with E-state index in [1.54, 1.807) is 6.20 Å². The van der Waals surface area contributed by atoms with E-state index in [9.17, 15) is 0 Å². The van der Waals surface area contributed by atoms with E-state index in [1.165, 1.54) is 24.3 Å². The van der Waals surface area contributed by atoms with Gasteiger partial charge in [-0.2, -0.15) is 22.0 Å². The van der Waals surface area contributed by atoms with E-state index >= 15 is 0 Å². The third-order valence-corrected chi connectivity index (χ3v) is 3.76. The van der Waals surface area contributed by atoms with E-state index in [-0.39, 0.29) is 0 Å². The van der Waals surface area contributed by atoms with Crippen molar-refractivity contribution in [3.63, 3.8) is 0 Å². The van der Waals surface area contributed by atoms with Gasteiger partial charge in [0.05, 0.1) is 17.6 Å². The topological polar surface area (TPSA) is 51.8 Å². The minimum Gasteiger partial charge on any atom is -0.397 e. The summed E-state index contributed by atoms with van der Waals surface area (Å²) in [5.41, 5.74) is 7.42. The van der Waals surface area contributed by atoms with Crippen LogP contribution in [0.5, 0.6) is 0 Å². The lowest BCUT2D eigenvalue weighted by Crippen LogP contribution is -2.14. The first-order valence-corrected chi connectivity index (χ1v) is 6.15. The van der Waals surface area contributed by atoms with Crippen molar-refractivity contribution in [1.82, 2.24) is 10.2 Å². The molecule has 1 fully saturated rings. The maximum absolute atomic E-state index is 5.66. The molecular formula is C10H15N3S. The highest BCUT2D eigenvalue weighted by atomic mass is 32.2. The average molecular weight is 209 g/mol. The number of anilines is 1. The summed E-state index contributed by atoms with van der Waals surface area (Å²) in [5.74, 6) is 3.35. The Morgan fingerprint density at radius 2 is 2.50 bits per heavy atom. The van der Waals surface area contributed by atoms with Gasteiger partial charge in [-0.25, -0.2) is 0 Å². The molecule has 0 aliphatic carbocycles. The van der Waals surface area contributed by atoms with Crippen LogP contribution in [-0.2, 0) is 6.42 Å². The molecule has 1 aliphatic rings. The standard InChI is InChI=1S/C10H15N3S/c11-9-5-10(13-12-6-9)4-8-2-1-3-14-7-8/h5-6,8H,1-4,7H2,(H2,11,13). The Bertz CT molecular complexity index is 297. The lowest BCUT2D eigenvalue weighted by atomic mass is 9.99. The van der Waals surface area contributed by atoms with Crippen LogP contribution in [0, 0.1) is 5.92 Å². The summed E-state index contributed by atoms with van der Waals surface area (Å²) < 4.78 is 0. The molecule has 0 saturated carbocycles. The van der Waals surface area contributed by atoms with Gasteiger partial charge in [-0.3, -0.25) is 0 Å². The SMILES string of the molecule is Nc1cnnc(CC2CCCSC2)c1. The molecule has 76 valence electrons. The molecule has 14 heavy (non-hydrogen) atoms. The highest BCUT2D eigenvalue weighted by Gasteiger charge is 2.14. The van der Waals surface area contributed by atoms with Crippen LogP contribution in [0.15, 0.2) is 12.3 Å². The predicted molar refractivity (Wildman–Crippen MR) is 60.2 cm³/mol. The summed E-state index contributed by atoms with van der Waals surface area (Å²) in [4.78, 5) is 0. The number of thioether (sulfide) groups is 1. The molecular weight excluding hydrogens is 194 g/mol. The van der Waals surface area contributed by atoms with Gasteiger partial charge >= 0.3 is 0 Å². The average Bonchev–Trinajstić information content (AvgIpc) is 2.19. The summed E-state index contributed by atoms with van der Waals surface area (Å²) in [6.45, 7) is 0. The zero-order chi connectivity index (χ0) is 9.80. The molecule has 1 aromatic heterocycles. The Morgan fingerprint density at radius 3 is 3.21 bits per heavy atom. The maximum Gasteiger partial charge on any atom is 0.0726 e. The number of aromatic nitrogens is 2. The van der Waals surface area contributed by atoms with Gasteiger partial charge in [0.25, 0.3) is 0 Å².